The van der Waals surface area contributed by atoms with Crippen LogP contribution in [0.3, 0.4) is 0 Å². The summed E-state index contributed by atoms with van der Waals surface area (Å²) in [5.74, 6) is -0.353. The van der Waals surface area contributed by atoms with Gasteiger partial charge in [0, 0.05) is 41.5 Å². The number of carbonyl (C=O) groups excluding carboxylic acids is 1. The Morgan fingerprint density at radius 1 is 1.22 bits per heavy atom. The number of morpholine rings is 1. The Morgan fingerprint density at radius 3 is 2.62 bits per heavy atom. The van der Waals surface area contributed by atoms with E-state index in [0.717, 1.165) is 4.88 Å². The van der Waals surface area contributed by atoms with Gasteiger partial charge in [0.1, 0.15) is 0 Å². The number of benzene rings is 1. The monoisotopic (exact) mass is 495 g/mol. The van der Waals surface area contributed by atoms with Crippen molar-refractivity contribution in [2.75, 3.05) is 32.8 Å². The molecule has 1 N–H and O–H groups in total. The first-order valence-corrected chi connectivity index (χ1v) is 12.7. The molecular weight excluding hydrogens is 474 g/mol. The van der Waals surface area contributed by atoms with Crippen LogP contribution < -0.4 is 5.56 Å². The summed E-state index contributed by atoms with van der Waals surface area (Å²) < 4.78 is 33.5. The third kappa shape index (κ3) is 4.60. The van der Waals surface area contributed by atoms with Crippen LogP contribution in [0.5, 0.6) is 0 Å². The van der Waals surface area contributed by atoms with Crippen LogP contribution in [0.4, 0.5) is 0 Å². The number of aromatic nitrogens is 1. The van der Waals surface area contributed by atoms with Crippen LogP contribution in [0.15, 0.2) is 46.1 Å². The third-order valence-electron chi connectivity index (χ3n) is 5.30. The van der Waals surface area contributed by atoms with Gasteiger partial charge in [0.2, 0.25) is 15.6 Å². The van der Waals surface area contributed by atoms with Crippen molar-refractivity contribution >= 4 is 49.8 Å². The number of carbonyl (C=O) groups is 1. The van der Waals surface area contributed by atoms with E-state index in [-0.39, 0.29) is 29.5 Å². The van der Waals surface area contributed by atoms with E-state index in [2.05, 4.69) is 4.98 Å². The zero-order valence-electron chi connectivity index (χ0n) is 17.3. The Kier molecular flexibility index (Phi) is 6.68. The Balaban J connectivity index is 1.75. The lowest BCUT2D eigenvalue weighted by atomic mass is 10.1. The van der Waals surface area contributed by atoms with Crippen molar-refractivity contribution in [2.45, 2.75) is 18.4 Å². The Labute approximate surface area is 194 Å². The number of sulfonamides is 1. The van der Waals surface area contributed by atoms with Crippen molar-refractivity contribution in [3.63, 3.8) is 0 Å². The normalized spacial score (nSPS) is 15.2. The summed E-state index contributed by atoms with van der Waals surface area (Å²) in [7, 11) is -3.75. The average molecular weight is 496 g/mol. The molecule has 11 heteroatoms. The zero-order chi connectivity index (χ0) is 22.9. The topological polar surface area (TPSA) is 99.8 Å². The Morgan fingerprint density at radius 2 is 1.97 bits per heavy atom. The number of thiophene rings is 1. The molecule has 0 saturated carbocycles. The number of pyridine rings is 1. The van der Waals surface area contributed by atoms with Gasteiger partial charge >= 0.3 is 0 Å². The molecule has 0 bridgehead atoms. The summed E-state index contributed by atoms with van der Waals surface area (Å²) in [6.07, 6.45) is 0. The maximum Gasteiger partial charge on any atom is 0.255 e. The second-order valence-corrected chi connectivity index (χ2v) is 11.0. The van der Waals surface area contributed by atoms with E-state index >= 15 is 0 Å². The number of aromatic amines is 1. The molecule has 1 aromatic carbocycles. The first kappa shape index (κ1) is 22.9. The lowest BCUT2D eigenvalue weighted by Crippen LogP contribution is -2.40. The van der Waals surface area contributed by atoms with Crippen molar-refractivity contribution < 1.29 is 17.9 Å². The number of halogens is 1. The number of rotatable bonds is 6. The smallest absolute Gasteiger partial charge is 0.255 e. The van der Waals surface area contributed by atoms with Gasteiger partial charge in [-0.05, 0) is 37.3 Å². The van der Waals surface area contributed by atoms with Crippen molar-refractivity contribution in [3.05, 3.63) is 61.5 Å². The van der Waals surface area contributed by atoms with Gasteiger partial charge < -0.3 is 14.6 Å². The van der Waals surface area contributed by atoms with Gasteiger partial charge in [-0.2, -0.15) is 4.31 Å². The minimum Gasteiger partial charge on any atom is -0.379 e. The molecule has 3 aromatic rings. The predicted octanol–water partition coefficient (Wildman–Crippen LogP) is 2.93. The summed E-state index contributed by atoms with van der Waals surface area (Å²) in [6.45, 7) is 3.80. The average Bonchev–Trinajstić information content (AvgIpc) is 3.21. The molecule has 2 aromatic heterocycles. The standard InChI is InChI=1S/C21H22ClN3O5S2/c1-2-24(13-14-3-6-19(22)31-14)21(27)17-12-20(26)23-18-5-4-15(11-16(17)18)32(28,29)25-7-9-30-10-8-25/h3-6,11-12H,2,7-10,13H2,1H3,(H,23,26). The quantitative estimate of drug-likeness (QED) is 0.566. The molecule has 0 atom stereocenters. The summed E-state index contributed by atoms with van der Waals surface area (Å²) in [5.41, 5.74) is 0.129. The minimum absolute atomic E-state index is 0.0705. The second kappa shape index (κ2) is 9.32. The van der Waals surface area contributed by atoms with Crippen LogP contribution in [0.25, 0.3) is 10.9 Å². The number of nitrogens with one attached hydrogen (secondary N) is 1. The van der Waals surface area contributed by atoms with E-state index in [4.69, 9.17) is 16.3 Å². The Bertz CT molecular complexity index is 1310. The fraction of sp³-hybridized carbons (Fsp3) is 0.333. The highest BCUT2D eigenvalue weighted by Gasteiger charge is 2.27. The first-order valence-electron chi connectivity index (χ1n) is 10.1. The fourth-order valence-electron chi connectivity index (χ4n) is 3.63. The highest BCUT2D eigenvalue weighted by atomic mass is 35.5. The van der Waals surface area contributed by atoms with Gasteiger partial charge in [0.05, 0.1) is 34.6 Å². The van der Waals surface area contributed by atoms with E-state index < -0.39 is 15.6 Å². The molecule has 1 saturated heterocycles. The summed E-state index contributed by atoms with van der Waals surface area (Å²) in [6, 6.07) is 9.27. The molecule has 170 valence electrons. The lowest BCUT2D eigenvalue weighted by molar-refractivity contribution is 0.0730. The largest absolute Gasteiger partial charge is 0.379 e. The van der Waals surface area contributed by atoms with Gasteiger partial charge in [0.25, 0.3) is 5.91 Å². The minimum atomic E-state index is -3.75. The third-order valence-corrected chi connectivity index (χ3v) is 8.41. The van der Waals surface area contributed by atoms with Crippen molar-refractivity contribution in [1.29, 1.82) is 0 Å². The van der Waals surface area contributed by atoms with Crippen molar-refractivity contribution in [3.8, 4) is 0 Å². The molecule has 32 heavy (non-hydrogen) atoms. The van der Waals surface area contributed by atoms with Crippen molar-refractivity contribution in [1.82, 2.24) is 14.2 Å². The molecule has 3 heterocycles. The number of hydrogen-bond donors (Lipinski definition) is 1. The first-order chi connectivity index (χ1) is 15.3. The number of nitrogens with zero attached hydrogens (tertiary/aromatic N) is 2. The number of amides is 1. The summed E-state index contributed by atoms with van der Waals surface area (Å²) >= 11 is 7.39. The van der Waals surface area contributed by atoms with E-state index in [1.807, 2.05) is 13.0 Å². The van der Waals surface area contributed by atoms with Gasteiger partial charge in [0.15, 0.2) is 0 Å². The molecular formula is C21H22ClN3O5S2. The van der Waals surface area contributed by atoms with Gasteiger partial charge in [-0.15, -0.1) is 11.3 Å². The van der Waals surface area contributed by atoms with Gasteiger partial charge in [-0.1, -0.05) is 11.6 Å². The van der Waals surface area contributed by atoms with Crippen LogP contribution in [0, 0.1) is 0 Å². The van der Waals surface area contributed by atoms with E-state index in [1.165, 1.54) is 39.9 Å². The number of hydrogen-bond acceptors (Lipinski definition) is 6. The SMILES string of the molecule is CCN(Cc1ccc(Cl)s1)C(=O)c1cc(=O)[nH]c2ccc(S(=O)(=O)N3CCOCC3)cc12. The van der Waals surface area contributed by atoms with Gasteiger partial charge in [-0.3, -0.25) is 9.59 Å². The van der Waals surface area contributed by atoms with Crippen molar-refractivity contribution in [2.24, 2.45) is 0 Å². The molecule has 1 aliphatic heterocycles. The molecule has 1 amide bonds. The maximum atomic E-state index is 13.4. The number of ether oxygens (including phenoxy) is 1. The fourth-order valence-corrected chi connectivity index (χ4v) is 6.17. The molecule has 8 nitrogen and oxygen atoms in total. The van der Waals surface area contributed by atoms with E-state index in [0.29, 0.717) is 41.5 Å². The highest BCUT2D eigenvalue weighted by molar-refractivity contribution is 7.89. The van der Waals surface area contributed by atoms with Gasteiger partial charge in [-0.25, -0.2) is 8.42 Å². The van der Waals surface area contributed by atoms with E-state index in [1.54, 1.807) is 11.0 Å². The van der Waals surface area contributed by atoms with Crippen LogP contribution in [0.1, 0.15) is 22.2 Å². The van der Waals surface area contributed by atoms with Crippen LogP contribution in [0.2, 0.25) is 4.34 Å². The molecule has 4 rings (SSSR count). The molecule has 0 unspecified atom stereocenters. The molecule has 0 radical (unpaired) electrons. The Hall–Kier alpha value is -2.24. The predicted molar refractivity (Wildman–Crippen MR) is 124 cm³/mol. The summed E-state index contributed by atoms with van der Waals surface area (Å²) in [4.78, 5) is 30.9. The molecule has 1 aliphatic rings. The van der Waals surface area contributed by atoms with Crippen LogP contribution in [-0.2, 0) is 21.3 Å². The van der Waals surface area contributed by atoms with Crippen LogP contribution >= 0.6 is 22.9 Å². The van der Waals surface area contributed by atoms with E-state index in [9.17, 15) is 18.0 Å². The molecule has 0 aliphatic carbocycles. The summed E-state index contributed by atoms with van der Waals surface area (Å²) in [5, 5.41) is 0.381. The number of H-pyrrole nitrogens is 1. The second-order valence-electron chi connectivity index (χ2n) is 7.30. The number of fused-ring (bicyclic) bond motifs is 1. The molecule has 1 fully saturated rings. The zero-order valence-corrected chi connectivity index (χ0v) is 19.7. The lowest BCUT2D eigenvalue weighted by Gasteiger charge is -2.26. The maximum absolute atomic E-state index is 13.4. The molecule has 0 spiro atoms. The van der Waals surface area contributed by atoms with Crippen LogP contribution in [-0.4, -0.2) is 61.4 Å². The highest BCUT2D eigenvalue weighted by Crippen LogP contribution is 2.26.